The van der Waals surface area contributed by atoms with Gasteiger partial charge in [0.15, 0.2) is 0 Å². The highest BCUT2D eigenvalue weighted by molar-refractivity contribution is 5.75. The normalized spacial score (nSPS) is 9.38. The highest BCUT2D eigenvalue weighted by Crippen LogP contribution is 2.04. The third-order valence-electron chi connectivity index (χ3n) is 0.887. The van der Waals surface area contributed by atoms with Crippen molar-refractivity contribution < 1.29 is 9.18 Å². The molecule has 13 heavy (non-hydrogen) atoms. The third-order valence-corrected chi connectivity index (χ3v) is 0.887. The second-order valence-electron chi connectivity index (χ2n) is 1.90. The number of amides is 1. The van der Waals surface area contributed by atoms with E-state index in [4.69, 9.17) is 0 Å². The number of carbonyl (C=O) groups excluding carboxylic acids is 1. The van der Waals surface area contributed by atoms with E-state index < -0.39 is 5.83 Å². The van der Waals surface area contributed by atoms with Crippen molar-refractivity contribution in [3.05, 3.63) is 36.8 Å². The first-order valence-corrected chi connectivity index (χ1v) is 4.03. The molecule has 0 rings (SSSR count). The molecule has 0 radical (unpaired) electrons. The van der Waals surface area contributed by atoms with Crippen LogP contribution in [0.4, 0.5) is 4.39 Å². The number of hydrogen-bond donors (Lipinski definition) is 1. The van der Waals surface area contributed by atoms with Crippen LogP contribution in [0.5, 0.6) is 0 Å². The summed E-state index contributed by atoms with van der Waals surface area (Å²) in [6.07, 6.45) is 2.71. The molecule has 0 aliphatic carbocycles. The number of carbonyl (C=O) groups is 1. The maximum Gasteiger partial charge on any atom is 0.221 e. The number of halogens is 1. The Morgan fingerprint density at radius 2 is 1.92 bits per heavy atom. The van der Waals surface area contributed by atoms with E-state index in [-0.39, 0.29) is 11.6 Å². The van der Waals surface area contributed by atoms with Crippen molar-refractivity contribution in [2.24, 2.45) is 0 Å². The Hall–Kier alpha value is -1.38. The highest BCUT2D eigenvalue weighted by atomic mass is 19.1. The van der Waals surface area contributed by atoms with Gasteiger partial charge >= 0.3 is 0 Å². The van der Waals surface area contributed by atoms with Crippen LogP contribution in [0.3, 0.4) is 0 Å². The summed E-state index contributed by atoms with van der Waals surface area (Å²) in [5.74, 6) is -1.02. The van der Waals surface area contributed by atoms with Gasteiger partial charge in [0.05, 0.1) is 5.70 Å². The number of hydrogen-bond acceptors (Lipinski definition) is 1. The second-order valence-corrected chi connectivity index (χ2v) is 1.90. The molecule has 0 spiro atoms. The zero-order valence-electron chi connectivity index (χ0n) is 8.36. The molecule has 0 heterocycles. The fraction of sp³-hybridized carbons (Fsp3) is 0.300. The summed E-state index contributed by atoms with van der Waals surface area (Å²) in [4.78, 5) is 10.4. The zero-order chi connectivity index (χ0) is 10.9. The predicted molar refractivity (Wildman–Crippen MR) is 53.7 cm³/mol. The van der Waals surface area contributed by atoms with Crippen molar-refractivity contribution in [2.45, 2.75) is 20.8 Å². The minimum Gasteiger partial charge on any atom is -0.324 e. The number of allylic oxidation sites excluding steroid dienone is 3. The zero-order valence-corrected chi connectivity index (χ0v) is 8.36. The van der Waals surface area contributed by atoms with Gasteiger partial charge in [-0.2, -0.15) is 0 Å². The SMILES string of the molecule is C=C/C=C(/NC(C)=O)C(=C)F.CC. The molecule has 0 saturated carbocycles. The van der Waals surface area contributed by atoms with E-state index in [0.29, 0.717) is 0 Å². The molecular weight excluding hydrogens is 169 g/mol. The van der Waals surface area contributed by atoms with Crippen LogP contribution in [-0.2, 0) is 4.79 Å². The van der Waals surface area contributed by atoms with E-state index >= 15 is 0 Å². The fourth-order valence-corrected chi connectivity index (χ4v) is 0.507. The van der Waals surface area contributed by atoms with Gasteiger partial charge in [-0.05, 0) is 6.08 Å². The van der Waals surface area contributed by atoms with Crippen LogP contribution in [0, 0.1) is 0 Å². The molecule has 0 fully saturated rings. The molecule has 0 bridgehead atoms. The lowest BCUT2D eigenvalue weighted by Crippen LogP contribution is -2.19. The van der Waals surface area contributed by atoms with E-state index in [9.17, 15) is 9.18 Å². The maximum atomic E-state index is 12.4. The van der Waals surface area contributed by atoms with Crippen molar-refractivity contribution in [3.8, 4) is 0 Å². The van der Waals surface area contributed by atoms with Crippen LogP contribution >= 0.6 is 0 Å². The molecule has 0 aliphatic rings. The van der Waals surface area contributed by atoms with Gasteiger partial charge in [-0.3, -0.25) is 4.79 Å². The smallest absolute Gasteiger partial charge is 0.221 e. The molecule has 1 N–H and O–H groups in total. The summed E-state index contributed by atoms with van der Waals surface area (Å²) in [6.45, 7) is 11.7. The van der Waals surface area contributed by atoms with Crippen molar-refractivity contribution in [3.63, 3.8) is 0 Å². The van der Waals surface area contributed by atoms with E-state index in [1.54, 1.807) is 0 Å². The quantitative estimate of drug-likeness (QED) is 0.673. The van der Waals surface area contributed by atoms with Gasteiger partial charge in [-0.15, -0.1) is 0 Å². The summed E-state index contributed by atoms with van der Waals surface area (Å²) < 4.78 is 12.4. The summed E-state index contributed by atoms with van der Waals surface area (Å²) in [7, 11) is 0. The van der Waals surface area contributed by atoms with Gasteiger partial charge in [0.2, 0.25) is 5.91 Å². The van der Waals surface area contributed by atoms with Crippen LogP contribution < -0.4 is 5.32 Å². The summed E-state index contributed by atoms with van der Waals surface area (Å²) in [5, 5.41) is 2.26. The lowest BCUT2D eigenvalue weighted by Gasteiger charge is -2.02. The topological polar surface area (TPSA) is 29.1 Å². The van der Waals surface area contributed by atoms with Crippen molar-refractivity contribution in [1.29, 1.82) is 0 Å². The Morgan fingerprint density at radius 3 is 2.15 bits per heavy atom. The standard InChI is InChI=1S/C8H10FNO.C2H6/c1-4-5-8(6(2)9)10-7(3)11;1-2/h4-5H,1-2H2,3H3,(H,10,11);1-2H3/b8-5+;. The van der Waals surface area contributed by atoms with Crippen LogP contribution in [0.1, 0.15) is 20.8 Å². The average molecular weight is 185 g/mol. The monoisotopic (exact) mass is 185 g/mol. The lowest BCUT2D eigenvalue weighted by atomic mass is 10.3. The molecular formula is C10H16FNO. The second kappa shape index (κ2) is 8.71. The first-order valence-electron chi connectivity index (χ1n) is 4.03. The lowest BCUT2D eigenvalue weighted by molar-refractivity contribution is -0.118. The van der Waals surface area contributed by atoms with Gasteiger partial charge in [0, 0.05) is 6.92 Å². The maximum absolute atomic E-state index is 12.4. The first kappa shape index (κ1) is 14.2. The fourth-order valence-electron chi connectivity index (χ4n) is 0.507. The summed E-state index contributed by atoms with van der Waals surface area (Å²) in [5.41, 5.74) is 0.0486. The Morgan fingerprint density at radius 1 is 1.46 bits per heavy atom. The van der Waals surface area contributed by atoms with Crippen LogP contribution in [-0.4, -0.2) is 5.91 Å². The van der Waals surface area contributed by atoms with Crippen LogP contribution in [0.15, 0.2) is 36.8 Å². The van der Waals surface area contributed by atoms with Gasteiger partial charge in [0.1, 0.15) is 5.83 Å². The minimum absolute atomic E-state index is 0.0486. The van der Waals surface area contributed by atoms with Crippen LogP contribution in [0.25, 0.3) is 0 Å². The molecule has 0 aromatic carbocycles. The molecule has 0 aliphatic heterocycles. The number of nitrogens with one attached hydrogen (secondary N) is 1. The highest BCUT2D eigenvalue weighted by Gasteiger charge is 2.00. The Labute approximate surface area is 78.8 Å². The van der Waals surface area contributed by atoms with Gasteiger partial charge in [0.25, 0.3) is 0 Å². The number of rotatable bonds is 3. The van der Waals surface area contributed by atoms with Gasteiger partial charge < -0.3 is 5.32 Å². The largest absolute Gasteiger partial charge is 0.324 e. The molecule has 0 saturated heterocycles. The molecule has 0 atom stereocenters. The van der Waals surface area contributed by atoms with E-state index in [1.165, 1.54) is 19.1 Å². The molecule has 0 aromatic rings. The Kier molecular flexibility index (Phi) is 9.49. The molecule has 1 amide bonds. The van der Waals surface area contributed by atoms with Crippen molar-refractivity contribution in [1.82, 2.24) is 5.32 Å². The van der Waals surface area contributed by atoms with Crippen molar-refractivity contribution in [2.75, 3.05) is 0 Å². The minimum atomic E-state index is -0.680. The van der Waals surface area contributed by atoms with Crippen molar-refractivity contribution >= 4 is 5.91 Å². The Bertz CT molecular complexity index is 219. The van der Waals surface area contributed by atoms with E-state index in [1.807, 2.05) is 13.8 Å². The van der Waals surface area contributed by atoms with Crippen LogP contribution in [0.2, 0.25) is 0 Å². The molecule has 74 valence electrons. The van der Waals surface area contributed by atoms with Gasteiger partial charge in [-0.25, -0.2) is 4.39 Å². The summed E-state index contributed by atoms with van der Waals surface area (Å²) >= 11 is 0. The molecule has 0 aromatic heterocycles. The molecule has 0 unspecified atom stereocenters. The van der Waals surface area contributed by atoms with Gasteiger partial charge in [-0.1, -0.05) is 33.1 Å². The third kappa shape index (κ3) is 8.53. The van der Waals surface area contributed by atoms with E-state index in [0.717, 1.165) is 0 Å². The van der Waals surface area contributed by atoms with E-state index in [2.05, 4.69) is 18.5 Å². The average Bonchev–Trinajstić information content (AvgIpc) is 2.06. The summed E-state index contributed by atoms with van der Waals surface area (Å²) in [6, 6.07) is 0. The molecule has 2 nitrogen and oxygen atoms in total. The Balaban J connectivity index is 0. The first-order chi connectivity index (χ1) is 6.07. The predicted octanol–water partition coefficient (Wildman–Crippen LogP) is 2.70. The molecule has 3 heteroatoms.